The van der Waals surface area contributed by atoms with Crippen molar-refractivity contribution in [1.29, 1.82) is 0 Å². The number of nitrogens with zero attached hydrogens (tertiary/aromatic N) is 12. The highest BCUT2D eigenvalue weighted by atomic mass is 16.6. The maximum Gasteiger partial charge on any atom is 0.115 e. The summed E-state index contributed by atoms with van der Waals surface area (Å²) in [6.07, 6.45) is 3.67. The zero-order valence-electron chi connectivity index (χ0n) is 44.8. The molecular weight excluding hydrogens is 1040 g/mol. The second kappa shape index (κ2) is 25.1. The summed E-state index contributed by atoms with van der Waals surface area (Å²) in [5, 5.41) is 36.2. The first-order valence-corrected chi connectivity index (χ1v) is 27.5. The maximum absolute atomic E-state index is 6.97. The van der Waals surface area contributed by atoms with E-state index in [1.165, 1.54) is 0 Å². The van der Waals surface area contributed by atoms with E-state index in [-0.39, 0.29) is 26.4 Å². The summed E-state index contributed by atoms with van der Waals surface area (Å²) in [5.41, 5.74) is 10.2. The monoisotopic (exact) mass is 1100 g/mol. The third-order valence-corrected chi connectivity index (χ3v) is 14.8. The fourth-order valence-corrected chi connectivity index (χ4v) is 10.6. The average Bonchev–Trinajstić information content (AvgIpc) is 4.62. The first-order chi connectivity index (χ1) is 40.6. The van der Waals surface area contributed by atoms with Gasteiger partial charge in [-0.3, -0.25) is 0 Å². The molecule has 82 heavy (non-hydrogen) atoms. The van der Waals surface area contributed by atoms with Crippen LogP contribution in [0.3, 0.4) is 0 Å². The van der Waals surface area contributed by atoms with Crippen LogP contribution >= 0.6 is 0 Å². The molecule has 10 aromatic rings. The van der Waals surface area contributed by atoms with E-state index in [0.29, 0.717) is 62.3 Å². The molecule has 0 aliphatic carbocycles. The summed E-state index contributed by atoms with van der Waals surface area (Å²) < 4.78 is 60.5. The molecular formula is C62H60N12O8. The second-order valence-electron chi connectivity index (χ2n) is 20.6. The Bertz CT molecular complexity index is 3350. The Morgan fingerprint density at radius 2 is 0.707 bits per heavy atom. The lowest BCUT2D eigenvalue weighted by atomic mass is 10.1. The van der Waals surface area contributed by atoms with Crippen molar-refractivity contribution in [2.45, 2.75) is 102 Å². The molecule has 0 spiro atoms. The smallest absolute Gasteiger partial charge is 0.115 e. The third-order valence-electron chi connectivity index (χ3n) is 14.8. The summed E-state index contributed by atoms with van der Waals surface area (Å²) in [4.78, 5) is 0. The summed E-state index contributed by atoms with van der Waals surface area (Å²) >= 11 is 0. The molecule has 20 nitrogen and oxygen atoms in total. The van der Waals surface area contributed by atoms with Crippen LogP contribution in [0.2, 0.25) is 0 Å². The second-order valence-corrected chi connectivity index (χ2v) is 20.6. The minimum atomic E-state index is -0.497. The summed E-state index contributed by atoms with van der Waals surface area (Å²) in [5.74, 6) is 0. The zero-order chi connectivity index (χ0) is 54.9. The van der Waals surface area contributed by atoms with Crippen molar-refractivity contribution in [3.8, 4) is 33.9 Å². The maximum atomic E-state index is 6.97. The number of benzene rings is 6. The van der Waals surface area contributed by atoms with Crippen molar-refractivity contribution in [1.82, 2.24) is 60.0 Å². The van der Waals surface area contributed by atoms with Gasteiger partial charge in [-0.1, -0.05) is 166 Å². The van der Waals surface area contributed by atoms with Gasteiger partial charge in [0.05, 0.1) is 102 Å². The largest absolute Gasteiger partial charge is 0.372 e. The summed E-state index contributed by atoms with van der Waals surface area (Å²) in [6.45, 7) is 2.90. The molecule has 6 aliphatic rings. The molecule has 2 fully saturated rings. The van der Waals surface area contributed by atoms with Crippen LogP contribution in [0.4, 0.5) is 0 Å². The van der Waals surface area contributed by atoms with Crippen LogP contribution < -0.4 is 0 Å². The molecule has 4 aromatic heterocycles. The van der Waals surface area contributed by atoms with Crippen LogP contribution in [0, 0.1) is 0 Å². The molecule has 2 saturated heterocycles. The molecule has 0 unspecified atom stereocenters. The molecule has 10 heterocycles. The zero-order valence-corrected chi connectivity index (χ0v) is 44.8. The molecule has 0 saturated carbocycles. The Hall–Kier alpha value is -8.44. The first-order valence-electron chi connectivity index (χ1n) is 27.5. The molecule has 0 N–H and O–H groups in total. The summed E-state index contributed by atoms with van der Waals surface area (Å²) in [7, 11) is 0. The predicted molar refractivity (Wildman–Crippen MR) is 297 cm³/mol. The highest BCUT2D eigenvalue weighted by molar-refractivity contribution is 5.60. The van der Waals surface area contributed by atoms with E-state index in [0.717, 1.165) is 44.8 Å². The van der Waals surface area contributed by atoms with Crippen LogP contribution in [0.25, 0.3) is 33.9 Å². The van der Waals surface area contributed by atoms with Gasteiger partial charge in [-0.15, -0.1) is 20.4 Å². The Balaban J connectivity index is 0.781. The lowest BCUT2D eigenvalue weighted by Gasteiger charge is -2.25. The molecule has 16 bridgehead atoms. The quantitative estimate of drug-likeness (QED) is 0.114. The summed E-state index contributed by atoms with van der Waals surface area (Å²) in [6, 6.07) is 56.2. The fourth-order valence-electron chi connectivity index (χ4n) is 10.6. The molecule has 6 aromatic carbocycles. The van der Waals surface area contributed by atoms with Crippen molar-refractivity contribution < 1.29 is 37.9 Å². The lowest BCUT2D eigenvalue weighted by molar-refractivity contribution is -0.0915. The Labute approximate surface area is 473 Å². The van der Waals surface area contributed by atoms with E-state index in [1.54, 1.807) is 18.7 Å². The van der Waals surface area contributed by atoms with Gasteiger partial charge in [0.1, 0.15) is 71.6 Å². The Morgan fingerprint density at radius 3 is 1.07 bits per heavy atom. The van der Waals surface area contributed by atoms with E-state index >= 15 is 0 Å². The van der Waals surface area contributed by atoms with Crippen LogP contribution in [0.1, 0.15) is 33.6 Å². The molecule has 16 rings (SSSR count). The predicted octanol–water partition coefficient (Wildman–Crippen LogP) is 7.99. The number of ether oxygens (including phenoxy) is 8. The SMILES string of the molecule is c1ccc(CO[C@@H]2[C@@H](OCc3ccccc3)[C@@H]3COCc4cn(nn4)-c4ccc(cc4)-c4cn(nn4)C[C@@H]4O[C@@H](Cn5cc(nn5)-c5ccc(cc5)-n5cc(nn5)COC[C@@H]2O3)[C@H](OCc2ccccc2)[C@H]4OCc2ccccc2)cc1. The van der Waals surface area contributed by atoms with E-state index < -0.39 is 48.8 Å². The normalized spacial score (nSPS) is 22.0. The molecule has 20 heteroatoms. The van der Waals surface area contributed by atoms with Gasteiger partial charge in [-0.2, -0.15) is 0 Å². The van der Waals surface area contributed by atoms with Crippen molar-refractivity contribution in [3.63, 3.8) is 0 Å². The van der Waals surface area contributed by atoms with Gasteiger partial charge < -0.3 is 37.9 Å². The van der Waals surface area contributed by atoms with Crippen LogP contribution in [0.5, 0.6) is 0 Å². The van der Waals surface area contributed by atoms with Crippen molar-refractivity contribution in [3.05, 3.63) is 228 Å². The minimum absolute atomic E-state index is 0.186. The Kier molecular flexibility index (Phi) is 16.2. The molecule has 6 aliphatic heterocycles. The van der Waals surface area contributed by atoms with Gasteiger partial charge in [-0.05, 0) is 46.5 Å². The number of aromatic nitrogens is 12. The number of hydrogen-bond donors (Lipinski definition) is 0. The Morgan fingerprint density at radius 1 is 0.366 bits per heavy atom. The van der Waals surface area contributed by atoms with Crippen molar-refractivity contribution in [2.75, 3.05) is 13.2 Å². The fraction of sp³-hybridized carbons (Fsp3) is 0.290. The standard InChI is InChI=1S/C62H60N12O8/c1-5-13-43(14-6-1)35-77-59-55-33-71-31-53(65-67-71)47-21-25-51(26-22-47)73-29-49(63-69-73)39-75-41-57-61(79-37-45-17-9-3-10-18-45)62(80-38-46-19-11-4-12-20-46)58(82-57)42-76-40-50-30-74(70-64-50)52-27-23-48(24-28-52)54-32-72(68-66-54)34-56(81-55)60(59)78-36-44-15-7-2-8-16-44/h1-32,55-62H,33-42H2/t55-,56-,57-,58-,59-,60-,61-,62-/m0/s1. The topological polar surface area (TPSA) is 197 Å². The van der Waals surface area contributed by atoms with Gasteiger partial charge in [-0.25, -0.2) is 18.7 Å². The number of hydrogen-bond acceptors (Lipinski definition) is 16. The molecule has 8 atom stereocenters. The van der Waals surface area contributed by atoms with Gasteiger partial charge in [0.15, 0.2) is 0 Å². The van der Waals surface area contributed by atoms with E-state index in [1.807, 2.05) is 170 Å². The first kappa shape index (κ1) is 52.9. The third kappa shape index (κ3) is 12.7. The van der Waals surface area contributed by atoms with Crippen LogP contribution in [-0.4, -0.2) is 122 Å². The highest BCUT2D eigenvalue weighted by Gasteiger charge is 2.48. The van der Waals surface area contributed by atoms with E-state index in [4.69, 9.17) is 37.9 Å². The van der Waals surface area contributed by atoms with Crippen LogP contribution in [0.15, 0.2) is 195 Å². The van der Waals surface area contributed by atoms with E-state index in [9.17, 15) is 0 Å². The minimum Gasteiger partial charge on any atom is -0.372 e. The van der Waals surface area contributed by atoms with Gasteiger partial charge >= 0.3 is 0 Å². The molecule has 416 valence electrons. The highest BCUT2D eigenvalue weighted by Crippen LogP contribution is 2.33. The van der Waals surface area contributed by atoms with E-state index in [2.05, 4.69) is 65.5 Å². The number of rotatable bonds is 12. The molecule has 0 amide bonds. The van der Waals surface area contributed by atoms with Gasteiger partial charge in [0.25, 0.3) is 0 Å². The van der Waals surface area contributed by atoms with Gasteiger partial charge in [0.2, 0.25) is 0 Å². The average molecular weight is 1100 g/mol. The van der Waals surface area contributed by atoms with Crippen molar-refractivity contribution in [2.24, 2.45) is 0 Å². The van der Waals surface area contributed by atoms with Crippen molar-refractivity contribution >= 4 is 0 Å². The molecule has 0 radical (unpaired) electrons. The van der Waals surface area contributed by atoms with Gasteiger partial charge in [0, 0.05) is 11.1 Å². The lowest BCUT2D eigenvalue weighted by Crippen LogP contribution is -2.40. The van der Waals surface area contributed by atoms with Crippen LogP contribution in [-0.2, 0) is 90.6 Å².